The number of carbonyl (C=O) groups is 1. The smallest absolute Gasteiger partial charge is 0.319 e. The Labute approximate surface area is 116 Å². The first-order chi connectivity index (χ1) is 9.02. The number of hydrogen-bond acceptors (Lipinski definition) is 3. The average Bonchev–Trinajstić information content (AvgIpc) is 2.38. The van der Waals surface area contributed by atoms with E-state index in [1.807, 2.05) is 31.2 Å². The molecular formula is C13H21N3O2S. The van der Waals surface area contributed by atoms with Gasteiger partial charge in [-0.25, -0.2) is 4.79 Å². The van der Waals surface area contributed by atoms with Gasteiger partial charge in [0.05, 0.1) is 0 Å². The molecule has 0 aliphatic carbocycles. The minimum Gasteiger partial charge on any atom is -0.338 e. The minimum absolute atomic E-state index is 0.0841. The third-order valence-corrected chi connectivity index (χ3v) is 4.19. The van der Waals surface area contributed by atoms with Gasteiger partial charge in [-0.1, -0.05) is 19.1 Å². The number of amides is 2. The van der Waals surface area contributed by atoms with E-state index in [9.17, 15) is 9.00 Å². The first kappa shape index (κ1) is 15.7. The molecule has 4 N–H and O–H groups in total. The predicted octanol–water partition coefficient (Wildman–Crippen LogP) is 1.42. The summed E-state index contributed by atoms with van der Waals surface area (Å²) in [6.07, 6.45) is 2.36. The maximum atomic E-state index is 11.6. The van der Waals surface area contributed by atoms with Gasteiger partial charge in [0.2, 0.25) is 0 Å². The molecule has 2 atom stereocenters. The van der Waals surface area contributed by atoms with Gasteiger partial charge in [0.1, 0.15) is 0 Å². The van der Waals surface area contributed by atoms with E-state index >= 15 is 0 Å². The highest BCUT2D eigenvalue weighted by Gasteiger charge is 2.07. The SMILES string of the molecule is CC(CCNC(=O)Nc1cccc(CN)c1)S(C)=O. The van der Waals surface area contributed by atoms with Crippen molar-refractivity contribution in [1.82, 2.24) is 5.32 Å². The van der Waals surface area contributed by atoms with E-state index in [0.29, 0.717) is 25.2 Å². The molecule has 0 aliphatic rings. The monoisotopic (exact) mass is 283 g/mol. The summed E-state index contributed by atoms with van der Waals surface area (Å²) in [4.78, 5) is 11.6. The highest BCUT2D eigenvalue weighted by Crippen LogP contribution is 2.09. The molecule has 0 radical (unpaired) electrons. The lowest BCUT2D eigenvalue weighted by Crippen LogP contribution is -2.31. The summed E-state index contributed by atoms with van der Waals surface area (Å²) in [5.41, 5.74) is 7.22. The molecule has 2 amide bonds. The molecule has 106 valence electrons. The predicted molar refractivity (Wildman–Crippen MR) is 79.5 cm³/mol. The van der Waals surface area contributed by atoms with Gasteiger partial charge in [0.25, 0.3) is 0 Å². The van der Waals surface area contributed by atoms with Crippen molar-refractivity contribution >= 4 is 22.5 Å². The third-order valence-electron chi connectivity index (χ3n) is 2.82. The molecular weight excluding hydrogens is 262 g/mol. The van der Waals surface area contributed by atoms with Gasteiger partial charge in [-0.3, -0.25) is 4.21 Å². The van der Waals surface area contributed by atoms with Crippen LogP contribution in [0.2, 0.25) is 0 Å². The molecule has 6 heteroatoms. The van der Waals surface area contributed by atoms with Crippen molar-refractivity contribution in [3.05, 3.63) is 29.8 Å². The van der Waals surface area contributed by atoms with Crippen LogP contribution in [-0.4, -0.2) is 28.3 Å². The second-order valence-corrected chi connectivity index (χ2v) is 6.19. The number of nitrogens with one attached hydrogen (secondary N) is 2. The summed E-state index contributed by atoms with van der Waals surface area (Å²) < 4.78 is 11.2. The third kappa shape index (κ3) is 5.85. The first-order valence-corrected chi connectivity index (χ1v) is 7.81. The fraction of sp³-hybridized carbons (Fsp3) is 0.462. The number of rotatable bonds is 6. The fourth-order valence-electron chi connectivity index (χ4n) is 1.51. The zero-order valence-electron chi connectivity index (χ0n) is 11.3. The summed E-state index contributed by atoms with van der Waals surface area (Å²) in [5.74, 6) is 0. The zero-order valence-corrected chi connectivity index (χ0v) is 12.1. The Bertz CT molecular complexity index is 451. The molecule has 1 rings (SSSR count). The number of benzene rings is 1. The van der Waals surface area contributed by atoms with Crippen LogP contribution in [0.5, 0.6) is 0 Å². The summed E-state index contributed by atoms with van der Waals surface area (Å²) in [6, 6.07) is 7.14. The standard InChI is InChI=1S/C13H21N3O2S/c1-10(19(2)18)6-7-15-13(17)16-12-5-3-4-11(8-12)9-14/h3-5,8,10H,6-7,9,14H2,1-2H3,(H2,15,16,17). The Morgan fingerprint density at radius 2 is 2.21 bits per heavy atom. The highest BCUT2D eigenvalue weighted by atomic mass is 32.2. The molecule has 5 nitrogen and oxygen atoms in total. The Balaban J connectivity index is 2.36. The van der Waals surface area contributed by atoms with Crippen molar-refractivity contribution in [3.63, 3.8) is 0 Å². The Hall–Kier alpha value is -1.40. The molecule has 0 aromatic heterocycles. The van der Waals surface area contributed by atoms with Gasteiger partial charge >= 0.3 is 6.03 Å². The van der Waals surface area contributed by atoms with Crippen LogP contribution in [0, 0.1) is 0 Å². The van der Waals surface area contributed by atoms with Gasteiger partial charge in [-0.15, -0.1) is 0 Å². The fourth-order valence-corrected chi connectivity index (χ4v) is 1.96. The lowest BCUT2D eigenvalue weighted by atomic mass is 10.2. The van der Waals surface area contributed by atoms with E-state index in [-0.39, 0.29) is 11.3 Å². The van der Waals surface area contributed by atoms with Gasteiger partial charge in [0, 0.05) is 41.1 Å². The van der Waals surface area contributed by atoms with Crippen molar-refractivity contribution in [2.75, 3.05) is 18.1 Å². The molecule has 0 saturated heterocycles. The molecule has 0 bridgehead atoms. The Morgan fingerprint density at radius 1 is 1.47 bits per heavy atom. The molecule has 19 heavy (non-hydrogen) atoms. The van der Waals surface area contributed by atoms with Crippen LogP contribution in [-0.2, 0) is 17.3 Å². The maximum Gasteiger partial charge on any atom is 0.319 e. The van der Waals surface area contributed by atoms with E-state index in [1.54, 1.807) is 6.26 Å². The largest absolute Gasteiger partial charge is 0.338 e. The number of hydrogen-bond donors (Lipinski definition) is 3. The molecule has 1 aromatic carbocycles. The van der Waals surface area contributed by atoms with E-state index < -0.39 is 10.8 Å². The average molecular weight is 283 g/mol. The summed E-state index contributed by atoms with van der Waals surface area (Å²) in [7, 11) is -0.853. The summed E-state index contributed by atoms with van der Waals surface area (Å²) in [6.45, 7) is 2.85. The molecule has 0 spiro atoms. The molecule has 0 heterocycles. The summed E-state index contributed by atoms with van der Waals surface area (Å²) >= 11 is 0. The van der Waals surface area contributed by atoms with Gasteiger partial charge in [0.15, 0.2) is 0 Å². The second-order valence-electron chi connectivity index (χ2n) is 4.38. The van der Waals surface area contributed by atoms with Crippen molar-refractivity contribution in [3.8, 4) is 0 Å². The van der Waals surface area contributed by atoms with Crippen LogP contribution in [0.15, 0.2) is 24.3 Å². The molecule has 1 aromatic rings. The quantitative estimate of drug-likeness (QED) is 0.738. The minimum atomic E-state index is -0.853. The number of urea groups is 1. The zero-order chi connectivity index (χ0) is 14.3. The maximum absolute atomic E-state index is 11.6. The number of carbonyl (C=O) groups excluding carboxylic acids is 1. The van der Waals surface area contributed by atoms with Crippen LogP contribution in [0.4, 0.5) is 10.5 Å². The second kappa shape index (κ2) is 7.91. The molecule has 0 saturated carbocycles. The van der Waals surface area contributed by atoms with Crippen LogP contribution >= 0.6 is 0 Å². The van der Waals surface area contributed by atoms with Crippen LogP contribution in [0.3, 0.4) is 0 Å². The number of anilines is 1. The van der Waals surface area contributed by atoms with Crippen molar-refractivity contribution < 1.29 is 9.00 Å². The molecule has 0 fully saturated rings. The lowest BCUT2D eigenvalue weighted by molar-refractivity contribution is 0.252. The van der Waals surface area contributed by atoms with Crippen LogP contribution < -0.4 is 16.4 Å². The Kier molecular flexibility index (Phi) is 6.52. The van der Waals surface area contributed by atoms with E-state index in [4.69, 9.17) is 5.73 Å². The van der Waals surface area contributed by atoms with Gasteiger partial charge < -0.3 is 16.4 Å². The van der Waals surface area contributed by atoms with E-state index in [0.717, 1.165) is 5.56 Å². The van der Waals surface area contributed by atoms with Gasteiger partial charge in [-0.05, 0) is 24.1 Å². The molecule has 2 unspecified atom stereocenters. The number of nitrogens with two attached hydrogens (primary N) is 1. The van der Waals surface area contributed by atoms with Crippen molar-refractivity contribution in [1.29, 1.82) is 0 Å². The van der Waals surface area contributed by atoms with E-state index in [2.05, 4.69) is 10.6 Å². The van der Waals surface area contributed by atoms with Gasteiger partial charge in [-0.2, -0.15) is 0 Å². The topological polar surface area (TPSA) is 84.2 Å². The first-order valence-electron chi connectivity index (χ1n) is 6.19. The van der Waals surface area contributed by atoms with E-state index in [1.165, 1.54) is 0 Å². The normalized spacial score (nSPS) is 13.6. The van der Waals surface area contributed by atoms with Crippen molar-refractivity contribution in [2.24, 2.45) is 5.73 Å². The highest BCUT2D eigenvalue weighted by molar-refractivity contribution is 7.84. The lowest BCUT2D eigenvalue weighted by Gasteiger charge is -2.10. The van der Waals surface area contributed by atoms with Crippen LogP contribution in [0.1, 0.15) is 18.9 Å². The van der Waals surface area contributed by atoms with Crippen LogP contribution in [0.25, 0.3) is 0 Å². The summed E-state index contributed by atoms with van der Waals surface area (Å²) in [5, 5.41) is 5.56. The molecule has 0 aliphatic heterocycles. The van der Waals surface area contributed by atoms with Crippen molar-refractivity contribution in [2.45, 2.75) is 25.1 Å². The Morgan fingerprint density at radius 3 is 2.84 bits per heavy atom.